The molecule has 2 aliphatic heterocycles. The van der Waals surface area contributed by atoms with Gasteiger partial charge in [0.25, 0.3) is 5.91 Å². The van der Waals surface area contributed by atoms with Crippen LogP contribution in [0.5, 0.6) is 0 Å². The van der Waals surface area contributed by atoms with Crippen LogP contribution in [0.15, 0.2) is 29.7 Å². The Morgan fingerprint density at radius 3 is 2.80 bits per heavy atom. The van der Waals surface area contributed by atoms with Gasteiger partial charge in [-0.05, 0) is 19.8 Å². The predicted octanol–water partition coefficient (Wildman–Crippen LogP) is 1.61. The smallest absolute Gasteiger partial charge is 0.265 e. The van der Waals surface area contributed by atoms with Gasteiger partial charge in [-0.2, -0.15) is 5.10 Å². The second-order valence-corrected chi connectivity index (χ2v) is 8.38. The number of ether oxygens (including phenoxy) is 1. The van der Waals surface area contributed by atoms with Crippen LogP contribution in [0.3, 0.4) is 0 Å². The normalized spacial score (nSPS) is 27.1. The molecular formula is C19H24FN7O2S. The monoisotopic (exact) mass is 433 g/mol. The summed E-state index contributed by atoms with van der Waals surface area (Å²) in [5.74, 6) is -0.562. The SMILES string of the molecule is Cc1cnc(C2SC=C(C(N)=O)N2c2cnn(C)c2[C@@H]2CC[C@@H](N)[C@H](F)CO2)cn1. The Kier molecular flexibility index (Phi) is 5.76. The number of aromatic nitrogens is 4. The van der Waals surface area contributed by atoms with Crippen LogP contribution >= 0.6 is 11.8 Å². The van der Waals surface area contributed by atoms with Crippen molar-refractivity contribution >= 4 is 23.4 Å². The van der Waals surface area contributed by atoms with Crippen LogP contribution in [0.4, 0.5) is 10.1 Å². The van der Waals surface area contributed by atoms with Gasteiger partial charge in [-0.1, -0.05) is 11.8 Å². The van der Waals surface area contributed by atoms with E-state index in [1.54, 1.807) is 40.6 Å². The number of alkyl halides is 1. The zero-order valence-electron chi connectivity index (χ0n) is 16.7. The number of aryl methyl sites for hydroxylation is 2. The first-order valence-corrected chi connectivity index (χ1v) is 10.6. The maximum atomic E-state index is 14.1. The van der Waals surface area contributed by atoms with E-state index in [0.717, 1.165) is 11.4 Å². The van der Waals surface area contributed by atoms with Crippen LogP contribution < -0.4 is 16.4 Å². The van der Waals surface area contributed by atoms with E-state index in [2.05, 4.69) is 15.1 Å². The van der Waals surface area contributed by atoms with Crippen LogP contribution in [-0.4, -0.2) is 44.5 Å². The van der Waals surface area contributed by atoms with Crippen molar-refractivity contribution in [3.05, 3.63) is 46.8 Å². The highest BCUT2D eigenvalue weighted by Crippen LogP contribution is 2.47. The van der Waals surface area contributed by atoms with Crippen LogP contribution in [0.1, 0.15) is 41.4 Å². The fourth-order valence-electron chi connectivity index (χ4n) is 3.69. The third kappa shape index (κ3) is 3.80. The molecule has 2 aromatic heterocycles. The zero-order valence-corrected chi connectivity index (χ0v) is 17.6. The number of carbonyl (C=O) groups is 1. The standard InChI is InChI=1S/C19H24FN7O2S/c1-10-5-24-13(6-23-10)19-27(15(9-30-19)18(22)28)14-7-25-26(2)17(14)16-4-3-12(21)11(20)8-29-16/h5-7,9,11-12,16,19H,3-4,8,21H2,1-2H3,(H2,22,28)/t11-,12-,16+,19?/m1/s1. The molecule has 2 aliphatic rings. The molecule has 30 heavy (non-hydrogen) atoms. The molecule has 4 heterocycles. The van der Waals surface area contributed by atoms with Crippen molar-refractivity contribution in [1.82, 2.24) is 19.7 Å². The summed E-state index contributed by atoms with van der Waals surface area (Å²) in [4.78, 5) is 22.8. The molecule has 0 spiro atoms. The van der Waals surface area contributed by atoms with Crippen molar-refractivity contribution < 1.29 is 13.9 Å². The Labute approximate surface area is 177 Å². The third-order valence-corrected chi connectivity index (χ3v) is 6.39. The van der Waals surface area contributed by atoms with E-state index < -0.39 is 24.2 Å². The van der Waals surface area contributed by atoms with E-state index in [9.17, 15) is 9.18 Å². The summed E-state index contributed by atoms with van der Waals surface area (Å²) >= 11 is 1.41. The quantitative estimate of drug-likeness (QED) is 0.745. The maximum Gasteiger partial charge on any atom is 0.265 e. The number of thioether (sulfide) groups is 1. The molecule has 0 aromatic carbocycles. The lowest BCUT2D eigenvalue weighted by molar-refractivity contribution is -0.114. The first-order valence-electron chi connectivity index (χ1n) is 9.63. The lowest BCUT2D eigenvalue weighted by Crippen LogP contribution is -2.32. The van der Waals surface area contributed by atoms with Crippen LogP contribution in [-0.2, 0) is 16.6 Å². The first-order chi connectivity index (χ1) is 14.4. The second kappa shape index (κ2) is 8.32. The highest BCUT2D eigenvalue weighted by Gasteiger charge is 2.38. The van der Waals surface area contributed by atoms with Gasteiger partial charge < -0.3 is 21.1 Å². The minimum absolute atomic E-state index is 0.0867. The Morgan fingerprint density at radius 1 is 1.30 bits per heavy atom. The number of primary amides is 1. The summed E-state index contributed by atoms with van der Waals surface area (Å²) in [7, 11) is 1.79. The Balaban J connectivity index is 1.74. The predicted molar refractivity (Wildman–Crippen MR) is 111 cm³/mol. The van der Waals surface area contributed by atoms with Crippen molar-refractivity contribution in [2.75, 3.05) is 11.5 Å². The highest BCUT2D eigenvalue weighted by molar-refractivity contribution is 8.02. The van der Waals surface area contributed by atoms with E-state index in [4.69, 9.17) is 16.2 Å². The van der Waals surface area contributed by atoms with Gasteiger partial charge in [0.2, 0.25) is 0 Å². The molecule has 11 heteroatoms. The van der Waals surface area contributed by atoms with Gasteiger partial charge in [0.1, 0.15) is 23.3 Å². The minimum Gasteiger partial charge on any atom is -0.369 e. The van der Waals surface area contributed by atoms with Gasteiger partial charge in [-0.15, -0.1) is 0 Å². The largest absolute Gasteiger partial charge is 0.369 e. The third-order valence-electron chi connectivity index (χ3n) is 5.32. The molecule has 0 radical (unpaired) electrons. The molecule has 9 nitrogen and oxygen atoms in total. The molecule has 4 atom stereocenters. The van der Waals surface area contributed by atoms with Crippen molar-refractivity contribution in [3.63, 3.8) is 0 Å². The molecule has 4 N–H and O–H groups in total. The van der Waals surface area contributed by atoms with Gasteiger partial charge in [0.15, 0.2) is 0 Å². The van der Waals surface area contributed by atoms with E-state index in [1.165, 1.54) is 11.8 Å². The van der Waals surface area contributed by atoms with Gasteiger partial charge in [-0.25, -0.2) is 4.39 Å². The van der Waals surface area contributed by atoms with Crippen LogP contribution in [0.25, 0.3) is 0 Å². The fraction of sp³-hybridized carbons (Fsp3) is 0.474. The molecule has 1 saturated heterocycles. The molecule has 1 amide bonds. The van der Waals surface area contributed by atoms with Crippen LogP contribution in [0, 0.1) is 6.92 Å². The van der Waals surface area contributed by atoms with Gasteiger partial charge in [-0.3, -0.25) is 19.4 Å². The number of nitrogens with zero attached hydrogens (tertiary/aromatic N) is 5. The molecule has 0 bridgehead atoms. The number of carbonyl (C=O) groups excluding carboxylic acids is 1. The molecule has 4 rings (SSSR count). The van der Waals surface area contributed by atoms with E-state index >= 15 is 0 Å². The van der Waals surface area contributed by atoms with Crippen molar-refractivity contribution in [2.24, 2.45) is 18.5 Å². The van der Waals surface area contributed by atoms with Crippen molar-refractivity contribution in [3.8, 4) is 0 Å². The maximum absolute atomic E-state index is 14.1. The second-order valence-electron chi connectivity index (χ2n) is 7.43. The lowest BCUT2D eigenvalue weighted by atomic mass is 10.0. The van der Waals surface area contributed by atoms with E-state index in [-0.39, 0.29) is 12.0 Å². The molecule has 1 unspecified atom stereocenters. The molecule has 0 saturated carbocycles. The summed E-state index contributed by atoms with van der Waals surface area (Å²) in [6, 6.07) is -0.564. The van der Waals surface area contributed by atoms with Gasteiger partial charge in [0, 0.05) is 24.7 Å². The average Bonchev–Trinajstić information content (AvgIpc) is 3.27. The van der Waals surface area contributed by atoms with Gasteiger partial charge >= 0.3 is 0 Å². The van der Waals surface area contributed by atoms with Crippen molar-refractivity contribution in [1.29, 1.82) is 0 Å². The Hall–Kier alpha value is -2.50. The Morgan fingerprint density at radius 2 is 2.10 bits per heavy atom. The fourth-order valence-corrected chi connectivity index (χ4v) is 4.79. The van der Waals surface area contributed by atoms with Gasteiger partial charge in [0.05, 0.1) is 41.8 Å². The summed E-state index contributed by atoms with van der Waals surface area (Å²) in [6.07, 6.45) is 4.42. The molecule has 160 valence electrons. The number of hydrogen-bond donors (Lipinski definition) is 2. The molecular weight excluding hydrogens is 409 g/mol. The highest BCUT2D eigenvalue weighted by atomic mass is 32.2. The molecule has 0 aliphatic carbocycles. The van der Waals surface area contributed by atoms with E-state index in [0.29, 0.717) is 29.9 Å². The Bertz CT molecular complexity index is 952. The minimum atomic E-state index is -1.22. The van der Waals surface area contributed by atoms with E-state index in [1.807, 2.05) is 6.92 Å². The topological polar surface area (TPSA) is 125 Å². The number of halogens is 1. The number of rotatable bonds is 4. The number of nitrogens with two attached hydrogens (primary N) is 2. The number of amides is 1. The molecule has 2 aromatic rings. The van der Waals surface area contributed by atoms with Crippen LogP contribution in [0.2, 0.25) is 0 Å². The lowest BCUT2D eigenvalue weighted by Gasteiger charge is -2.29. The average molecular weight is 434 g/mol. The summed E-state index contributed by atoms with van der Waals surface area (Å²) in [5, 5.41) is 5.76. The first kappa shape index (κ1) is 20.8. The number of anilines is 1. The summed E-state index contributed by atoms with van der Waals surface area (Å²) in [6.45, 7) is 1.77. The summed E-state index contributed by atoms with van der Waals surface area (Å²) in [5.41, 5.74) is 14.8. The zero-order chi connectivity index (χ0) is 21.4. The summed E-state index contributed by atoms with van der Waals surface area (Å²) < 4.78 is 21.6. The molecule has 1 fully saturated rings. The van der Waals surface area contributed by atoms with Crippen molar-refractivity contribution in [2.45, 2.75) is 43.5 Å². The number of hydrogen-bond acceptors (Lipinski definition) is 8.